The maximum Gasteiger partial charge on any atom is 0.407 e. The number of carbonyl (C=O) groups is 2. The Morgan fingerprint density at radius 2 is 1.77 bits per heavy atom. The molecule has 3 aromatic heterocycles. The third-order valence-corrected chi connectivity index (χ3v) is 9.92. The first-order valence-electron chi connectivity index (χ1n) is 17.2. The molecule has 3 aliphatic rings. The first kappa shape index (κ1) is 32.9. The van der Waals surface area contributed by atoms with Gasteiger partial charge in [0.2, 0.25) is 5.91 Å². The quantitative estimate of drug-likeness (QED) is 0.217. The zero-order valence-corrected chi connectivity index (χ0v) is 27.5. The molecule has 2 amide bonds. The second kappa shape index (κ2) is 15.3. The summed E-state index contributed by atoms with van der Waals surface area (Å²) in [6, 6.07) is 7.98. The highest BCUT2D eigenvalue weighted by molar-refractivity contribution is 5.94. The molecular formula is C36H47N5O6. The second-order valence-corrected chi connectivity index (χ2v) is 13.3. The summed E-state index contributed by atoms with van der Waals surface area (Å²) in [6.07, 6.45) is 12.1. The summed E-state index contributed by atoms with van der Waals surface area (Å²) in [5.74, 6) is 3.29. The average Bonchev–Trinajstić information content (AvgIpc) is 3.83. The molecule has 0 aliphatic heterocycles. The van der Waals surface area contributed by atoms with Gasteiger partial charge in [0.05, 0.1) is 12.8 Å². The zero-order valence-electron chi connectivity index (χ0n) is 27.5. The predicted molar refractivity (Wildman–Crippen MR) is 176 cm³/mol. The number of carbonyl (C=O) groups excluding carboxylic acids is 2. The van der Waals surface area contributed by atoms with E-state index in [1.54, 1.807) is 19.6 Å². The van der Waals surface area contributed by atoms with Crippen LogP contribution in [0.15, 0.2) is 41.1 Å². The van der Waals surface area contributed by atoms with Crippen LogP contribution in [-0.2, 0) is 9.53 Å². The third kappa shape index (κ3) is 8.30. The zero-order chi connectivity index (χ0) is 32.8. The van der Waals surface area contributed by atoms with E-state index in [-0.39, 0.29) is 24.5 Å². The van der Waals surface area contributed by atoms with Crippen molar-refractivity contribution < 1.29 is 28.6 Å². The Kier molecular flexibility index (Phi) is 10.7. The summed E-state index contributed by atoms with van der Waals surface area (Å²) >= 11 is 0. The third-order valence-electron chi connectivity index (χ3n) is 9.92. The molecule has 0 bridgehead atoms. The molecule has 6 rings (SSSR count). The number of oxazole rings is 1. The lowest BCUT2D eigenvalue weighted by molar-refractivity contribution is -0.124. The topological polar surface area (TPSA) is 140 Å². The Labute approximate surface area is 276 Å². The molecule has 0 unspecified atom stereocenters. The molecule has 3 saturated carbocycles. The second-order valence-electron chi connectivity index (χ2n) is 13.3. The van der Waals surface area contributed by atoms with E-state index in [4.69, 9.17) is 33.9 Å². The van der Waals surface area contributed by atoms with Crippen LogP contribution in [-0.4, -0.2) is 65.0 Å². The van der Waals surface area contributed by atoms with Crippen LogP contribution in [0.2, 0.25) is 0 Å². The van der Waals surface area contributed by atoms with Crippen LogP contribution < -0.4 is 15.0 Å². The minimum Gasteiger partial charge on any atom is -0.495 e. The molecule has 2 N–H and O–H groups in total. The van der Waals surface area contributed by atoms with E-state index in [2.05, 4.69) is 11.4 Å². The summed E-state index contributed by atoms with van der Waals surface area (Å²) in [5.41, 5.74) is 3.68. The molecule has 11 nitrogen and oxygen atoms in total. The number of methoxy groups -OCH3 is 1. The van der Waals surface area contributed by atoms with Crippen LogP contribution in [0.1, 0.15) is 99.7 Å². The molecule has 11 heteroatoms. The normalized spacial score (nSPS) is 22.8. The van der Waals surface area contributed by atoms with Crippen LogP contribution >= 0.6 is 0 Å². The number of pyridine rings is 2. The molecule has 3 heterocycles. The highest BCUT2D eigenvalue weighted by Crippen LogP contribution is 2.41. The van der Waals surface area contributed by atoms with Gasteiger partial charge < -0.3 is 24.3 Å². The summed E-state index contributed by atoms with van der Waals surface area (Å²) in [7, 11) is 1.67. The largest absolute Gasteiger partial charge is 0.495 e. The molecule has 0 saturated heterocycles. The lowest BCUT2D eigenvalue weighted by Gasteiger charge is -2.35. The van der Waals surface area contributed by atoms with E-state index >= 15 is 0 Å². The molecule has 0 aromatic carbocycles. The van der Waals surface area contributed by atoms with Crippen LogP contribution in [0.5, 0.6) is 5.75 Å². The summed E-state index contributed by atoms with van der Waals surface area (Å²) in [5, 5.41) is 11.6. The van der Waals surface area contributed by atoms with Crippen LogP contribution in [0.25, 0.3) is 11.3 Å². The average molecular weight is 646 g/mol. The Morgan fingerprint density at radius 1 is 1.00 bits per heavy atom. The number of hydrogen-bond donors (Lipinski definition) is 2. The first-order chi connectivity index (χ1) is 22.9. The van der Waals surface area contributed by atoms with Crippen molar-refractivity contribution in [3.8, 4) is 17.0 Å². The standard InChI is InChI=1S/C36H47N5O6/c1-23-32(45-2)15-14-30(39-23)25-6-4-24(5-7-25)21-41(33-20-28(16-18-37-33)31-22-46-34(40-31)26-8-9-26)35(43)27-10-12-29(13-11-27)47-36(44)38-17-3-19-42/h14-16,18,20,22,24-27,29,42H,3-13,17,19,21H2,1-2H3,(H,38,44)/t24-,25-,27-,29-. The van der Waals surface area contributed by atoms with Gasteiger partial charge in [0.15, 0.2) is 5.89 Å². The Morgan fingerprint density at radius 3 is 2.47 bits per heavy atom. The number of aryl methyl sites for hydroxylation is 1. The molecule has 47 heavy (non-hydrogen) atoms. The molecular weight excluding hydrogens is 598 g/mol. The molecule has 0 radical (unpaired) electrons. The van der Waals surface area contributed by atoms with Gasteiger partial charge in [0.1, 0.15) is 29.6 Å². The molecule has 0 spiro atoms. The lowest BCUT2D eigenvalue weighted by Crippen LogP contribution is -2.42. The van der Waals surface area contributed by atoms with Gasteiger partial charge in [0.25, 0.3) is 0 Å². The highest BCUT2D eigenvalue weighted by Gasteiger charge is 2.35. The number of rotatable bonds is 12. The molecule has 252 valence electrons. The van der Waals surface area contributed by atoms with Gasteiger partial charge in [-0.2, -0.15) is 0 Å². The van der Waals surface area contributed by atoms with Gasteiger partial charge in [-0.05, 0) is 108 Å². The first-order valence-corrected chi connectivity index (χ1v) is 17.2. The van der Waals surface area contributed by atoms with E-state index in [0.29, 0.717) is 68.8 Å². The van der Waals surface area contributed by atoms with Crippen molar-refractivity contribution in [3.63, 3.8) is 0 Å². The summed E-state index contributed by atoms with van der Waals surface area (Å²) in [4.78, 5) is 42.6. The monoisotopic (exact) mass is 645 g/mol. The highest BCUT2D eigenvalue weighted by atomic mass is 16.6. The number of nitrogens with one attached hydrogen (secondary N) is 1. The van der Waals surface area contributed by atoms with Crippen LogP contribution in [0, 0.1) is 18.8 Å². The van der Waals surface area contributed by atoms with E-state index < -0.39 is 6.09 Å². The minimum atomic E-state index is -0.468. The number of anilines is 1. The van der Waals surface area contributed by atoms with Crippen molar-refractivity contribution in [1.82, 2.24) is 20.3 Å². The van der Waals surface area contributed by atoms with Crippen molar-refractivity contribution in [2.75, 3.05) is 31.7 Å². The SMILES string of the molecule is COc1ccc([C@H]2CC[C@H](CN(c3cc(-c4coc(C5CC5)n4)ccn3)C(=O)[C@H]3CC[C@H](OC(=O)NCCCO)CC3)CC2)nc1C. The van der Waals surface area contributed by atoms with Gasteiger partial charge in [-0.1, -0.05) is 0 Å². The van der Waals surface area contributed by atoms with E-state index in [0.717, 1.165) is 72.8 Å². The van der Waals surface area contributed by atoms with E-state index in [1.807, 2.05) is 30.0 Å². The Hall–Kier alpha value is -3.99. The number of aliphatic hydroxyl groups is 1. The Bertz CT molecular complexity index is 1510. The van der Waals surface area contributed by atoms with Crippen molar-refractivity contribution in [2.24, 2.45) is 11.8 Å². The minimum absolute atomic E-state index is 0.0167. The number of aliphatic hydroxyl groups excluding tert-OH is 1. The number of hydrogen-bond acceptors (Lipinski definition) is 9. The maximum absolute atomic E-state index is 14.3. The number of nitrogens with zero attached hydrogens (tertiary/aromatic N) is 4. The van der Waals surface area contributed by atoms with Crippen LogP contribution in [0.4, 0.5) is 10.6 Å². The van der Waals surface area contributed by atoms with E-state index in [1.165, 1.54) is 0 Å². The van der Waals surface area contributed by atoms with Gasteiger partial charge in [-0.25, -0.2) is 14.8 Å². The smallest absolute Gasteiger partial charge is 0.407 e. The van der Waals surface area contributed by atoms with E-state index in [9.17, 15) is 9.59 Å². The van der Waals surface area contributed by atoms with Crippen molar-refractivity contribution in [1.29, 1.82) is 0 Å². The number of amides is 2. The van der Waals surface area contributed by atoms with Gasteiger partial charge in [-0.3, -0.25) is 14.7 Å². The van der Waals surface area contributed by atoms with Crippen molar-refractivity contribution in [2.45, 2.75) is 95.5 Å². The number of aromatic nitrogens is 3. The molecule has 0 atom stereocenters. The van der Waals surface area contributed by atoms with Crippen molar-refractivity contribution >= 4 is 17.8 Å². The maximum atomic E-state index is 14.3. The fourth-order valence-corrected chi connectivity index (χ4v) is 6.98. The summed E-state index contributed by atoms with van der Waals surface area (Å²) < 4.78 is 16.8. The molecule has 3 aromatic rings. The van der Waals surface area contributed by atoms with Crippen LogP contribution in [0.3, 0.4) is 0 Å². The molecule has 3 fully saturated rings. The summed E-state index contributed by atoms with van der Waals surface area (Å²) in [6.45, 7) is 2.98. The molecule has 3 aliphatic carbocycles. The van der Waals surface area contributed by atoms with Crippen molar-refractivity contribution in [3.05, 3.63) is 54.0 Å². The predicted octanol–water partition coefficient (Wildman–Crippen LogP) is 6.30. The number of alkyl carbamates (subject to hydrolysis) is 1. The van der Waals surface area contributed by atoms with Gasteiger partial charge in [0, 0.05) is 54.9 Å². The fraction of sp³-hybridized carbons (Fsp3) is 0.583. The fourth-order valence-electron chi connectivity index (χ4n) is 6.98. The number of ether oxygens (including phenoxy) is 2. The van der Waals surface area contributed by atoms with Gasteiger partial charge >= 0.3 is 6.09 Å². The Balaban J connectivity index is 1.14. The van der Waals surface area contributed by atoms with Gasteiger partial charge in [-0.15, -0.1) is 0 Å². The lowest BCUT2D eigenvalue weighted by atomic mass is 9.79.